The van der Waals surface area contributed by atoms with Crippen LogP contribution in [-0.2, 0) is 22.6 Å². The molecule has 0 spiro atoms. The van der Waals surface area contributed by atoms with Crippen molar-refractivity contribution in [1.82, 2.24) is 10.6 Å². The van der Waals surface area contributed by atoms with Gasteiger partial charge in [0.1, 0.15) is 5.76 Å². The van der Waals surface area contributed by atoms with Crippen LogP contribution in [0.25, 0.3) is 0 Å². The molecule has 2 rings (SSSR count). The van der Waals surface area contributed by atoms with Crippen molar-refractivity contribution in [3.63, 3.8) is 0 Å². The molecule has 1 atom stereocenters. The van der Waals surface area contributed by atoms with Crippen molar-refractivity contribution < 1.29 is 14.0 Å². The Morgan fingerprint density at radius 3 is 2.80 bits per heavy atom. The summed E-state index contributed by atoms with van der Waals surface area (Å²) in [5, 5.41) is 7.15. The average molecular weight is 292 g/mol. The average Bonchev–Trinajstić information content (AvgIpc) is 3.08. The molecule has 0 saturated carbocycles. The summed E-state index contributed by atoms with van der Waals surface area (Å²) in [4.78, 5) is 24.3. The standard InChI is InChI=1S/C14H16N2O3S/c1-10(8-11-4-2-6-19-11)16-14(18)13(17)15-9-12-5-3-7-20-12/h2-7,10H,8-9H2,1H3,(H,15,17)(H,16,18)/t10-/m1/s1. The lowest BCUT2D eigenvalue weighted by molar-refractivity contribution is -0.139. The van der Waals surface area contributed by atoms with E-state index in [0.717, 1.165) is 10.6 Å². The van der Waals surface area contributed by atoms with Crippen molar-refractivity contribution in [3.8, 4) is 0 Å². The van der Waals surface area contributed by atoms with Crippen LogP contribution in [0, 0.1) is 0 Å². The van der Waals surface area contributed by atoms with E-state index in [1.54, 1.807) is 12.3 Å². The summed E-state index contributed by atoms with van der Waals surface area (Å²) in [5.41, 5.74) is 0. The molecule has 0 aromatic carbocycles. The van der Waals surface area contributed by atoms with Gasteiger partial charge < -0.3 is 15.1 Å². The van der Waals surface area contributed by atoms with E-state index in [1.807, 2.05) is 30.5 Å². The SMILES string of the molecule is C[C@H](Cc1ccco1)NC(=O)C(=O)NCc1cccs1. The van der Waals surface area contributed by atoms with Crippen molar-refractivity contribution in [2.75, 3.05) is 0 Å². The fourth-order valence-corrected chi connectivity index (χ4v) is 2.38. The number of nitrogens with one attached hydrogen (secondary N) is 2. The molecule has 0 unspecified atom stereocenters. The van der Waals surface area contributed by atoms with Gasteiger partial charge in [-0.05, 0) is 30.5 Å². The maximum absolute atomic E-state index is 11.7. The van der Waals surface area contributed by atoms with Crippen molar-refractivity contribution in [2.45, 2.75) is 25.9 Å². The van der Waals surface area contributed by atoms with Gasteiger partial charge in [0.15, 0.2) is 0 Å². The fourth-order valence-electron chi connectivity index (χ4n) is 1.73. The lowest BCUT2D eigenvalue weighted by Crippen LogP contribution is -2.44. The van der Waals surface area contributed by atoms with Crippen LogP contribution in [-0.4, -0.2) is 17.9 Å². The van der Waals surface area contributed by atoms with Crippen LogP contribution in [0.4, 0.5) is 0 Å². The van der Waals surface area contributed by atoms with Gasteiger partial charge >= 0.3 is 11.8 Å². The maximum atomic E-state index is 11.7. The molecule has 2 heterocycles. The quantitative estimate of drug-likeness (QED) is 0.824. The van der Waals surface area contributed by atoms with Gasteiger partial charge in [-0.1, -0.05) is 6.07 Å². The summed E-state index contributed by atoms with van der Waals surface area (Å²) in [7, 11) is 0. The Morgan fingerprint density at radius 1 is 1.30 bits per heavy atom. The highest BCUT2D eigenvalue weighted by Gasteiger charge is 2.16. The summed E-state index contributed by atoms with van der Waals surface area (Å²) in [5.74, 6) is -0.470. The van der Waals surface area contributed by atoms with Gasteiger partial charge in [-0.2, -0.15) is 0 Å². The van der Waals surface area contributed by atoms with Crippen LogP contribution in [0.5, 0.6) is 0 Å². The highest BCUT2D eigenvalue weighted by atomic mass is 32.1. The predicted octanol–water partition coefficient (Wildman–Crippen LogP) is 1.70. The van der Waals surface area contributed by atoms with E-state index in [9.17, 15) is 9.59 Å². The number of furan rings is 1. The molecular weight excluding hydrogens is 276 g/mol. The number of carbonyl (C=O) groups excluding carboxylic acids is 2. The minimum Gasteiger partial charge on any atom is -0.469 e. The lowest BCUT2D eigenvalue weighted by atomic mass is 10.2. The highest BCUT2D eigenvalue weighted by molar-refractivity contribution is 7.09. The van der Waals surface area contributed by atoms with Crippen molar-refractivity contribution in [1.29, 1.82) is 0 Å². The van der Waals surface area contributed by atoms with E-state index in [0.29, 0.717) is 13.0 Å². The Kier molecular flexibility index (Phi) is 4.95. The number of hydrogen-bond donors (Lipinski definition) is 2. The maximum Gasteiger partial charge on any atom is 0.309 e. The molecule has 0 aliphatic rings. The summed E-state index contributed by atoms with van der Waals surface area (Å²) in [6.07, 6.45) is 2.13. The first-order chi connectivity index (χ1) is 9.65. The Bertz CT molecular complexity index is 549. The topological polar surface area (TPSA) is 71.3 Å². The molecule has 0 saturated heterocycles. The molecule has 2 amide bonds. The van der Waals surface area contributed by atoms with Crippen LogP contribution in [0.2, 0.25) is 0 Å². The first-order valence-corrected chi connectivity index (χ1v) is 7.16. The minimum absolute atomic E-state index is 0.166. The number of carbonyl (C=O) groups is 2. The highest BCUT2D eigenvalue weighted by Crippen LogP contribution is 2.07. The molecule has 2 aromatic heterocycles. The lowest BCUT2D eigenvalue weighted by Gasteiger charge is -2.12. The number of rotatable bonds is 5. The van der Waals surface area contributed by atoms with Gasteiger partial charge in [-0.25, -0.2) is 0 Å². The van der Waals surface area contributed by atoms with Gasteiger partial charge in [-0.3, -0.25) is 9.59 Å². The third-order valence-corrected chi connectivity index (χ3v) is 3.55. The Hall–Kier alpha value is -2.08. The monoisotopic (exact) mass is 292 g/mol. The Morgan fingerprint density at radius 2 is 2.15 bits per heavy atom. The first kappa shape index (κ1) is 14.3. The van der Waals surface area contributed by atoms with Crippen molar-refractivity contribution >= 4 is 23.2 Å². The summed E-state index contributed by atoms with van der Waals surface area (Å²) >= 11 is 1.53. The zero-order valence-electron chi connectivity index (χ0n) is 11.1. The van der Waals surface area contributed by atoms with Gasteiger partial charge in [0.2, 0.25) is 0 Å². The van der Waals surface area contributed by atoms with Crippen LogP contribution >= 0.6 is 11.3 Å². The molecule has 2 N–H and O–H groups in total. The molecule has 5 nitrogen and oxygen atoms in total. The summed E-state index contributed by atoms with van der Waals surface area (Å²) in [6.45, 7) is 2.20. The normalized spacial score (nSPS) is 11.8. The second-order valence-corrected chi connectivity index (χ2v) is 5.45. The molecular formula is C14H16N2O3S. The molecule has 0 aliphatic carbocycles. The summed E-state index contributed by atoms with van der Waals surface area (Å²) < 4.78 is 5.19. The number of thiophene rings is 1. The predicted molar refractivity (Wildman–Crippen MR) is 76.2 cm³/mol. The smallest absolute Gasteiger partial charge is 0.309 e. The van der Waals surface area contributed by atoms with E-state index in [4.69, 9.17) is 4.42 Å². The van der Waals surface area contributed by atoms with E-state index in [1.165, 1.54) is 11.3 Å². The fraction of sp³-hybridized carbons (Fsp3) is 0.286. The zero-order valence-corrected chi connectivity index (χ0v) is 11.9. The van der Waals surface area contributed by atoms with Gasteiger partial charge in [0.05, 0.1) is 12.8 Å². The molecule has 0 fully saturated rings. The molecule has 20 heavy (non-hydrogen) atoms. The molecule has 106 valence electrons. The van der Waals surface area contributed by atoms with Crippen LogP contribution < -0.4 is 10.6 Å². The van der Waals surface area contributed by atoms with Crippen molar-refractivity contribution in [3.05, 3.63) is 46.5 Å². The second kappa shape index (κ2) is 6.91. The zero-order chi connectivity index (χ0) is 14.4. The van der Waals surface area contributed by atoms with E-state index < -0.39 is 11.8 Å². The third kappa shape index (κ3) is 4.24. The molecule has 0 radical (unpaired) electrons. The molecule has 2 aromatic rings. The second-order valence-electron chi connectivity index (χ2n) is 4.42. The number of amides is 2. The van der Waals surface area contributed by atoms with E-state index in [-0.39, 0.29) is 6.04 Å². The Balaban J connectivity index is 1.74. The van der Waals surface area contributed by atoms with Gasteiger partial charge in [0, 0.05) is 17.3 Å². The minimum atomic E-state index is -0.624. The van der Waals surface area contributed by atoms with Crippen LogP contribution in [0.15, 0.2) is 40.3 Å². The molecule has 0 aliphatic heterocycles. The largest absolute Gasteiger partial charge is 0.469 e. The van der Waals surface area contributed by atoms with Gasteiger partial charge in [0.25, 0.3) is 0 Å². The molecule has 6 heteroatoms. The van der Waals surface area contributed by atoms with E-state index in [2.05, 4.69) is 10.6 Å². The van der Waals surface area contributed by atoms with Gasteiger partial charge in [-0.15, -0.1) is 11.3 Å². The summed E-state index contributed by atoms with van der Waals surface area (Å²) in [6, 6.07) is 7.26. The van der Waals surface area contributed by atoms with Crippen LogP contribution in [0.3, 0.4) is 0 Å². The molecule has 0 bridgehead atoms. The Labute approximate surface area is 121 Å². The van der Waals surface area contributed by atoms with Crippen LogP contribution in [0.1, 0.15) is 17.6 Å². The number of hydrogen-bond acceptors (Lipinski definition) is 4. The van der Waals surface area contributed by atoms with E-state index >= 15 is 0 Å². The first-order valence-electron chi connectivity index (χ1n) is 6.28. The van der Waals surface area contributed by atoms with Crippen molar-refractivity contribution in [2.24, 2.45) is 0 Å². The third-order valence-electron chi connectivity index (χ3n) is 2.67.